The molecule has 0 aromatic rings. The van der Waals surface area contributed by atoms with Crippen molar-refractivity contribution in [2.75, 3.05) is 26.2 Å². The van der Waals surface area contributed by atoms with E-state index in [9.17, 15) is 0 Å². The van der Waals surface area contributed by atoms with E-state index in [0.29, 0.717) is 6.10 Å². The van der Waals surface area contributed by atoms with Gasteiger partial charge in [0.1, 0.15) is 0 Å². The first-order chi connectivity index (χ1) is 8.61. The number of nitrogens with two attached hydrogens (primary N) is 1. The van der Waals surface area contributed by atoms with Crippen molar-refractivity contribution < 1.29 is 4.74 Å². The van der Waals surface area contributed by atoms with Gasteiger partial charge < -0.3 is 10.5 Å². The molecule has 0 spiro atoms. The highest BCUT2D eigenvalue weighted by Crippen LogP contribution is 2.37. The molecule has 0 aromatic carbocycles. The van der Waals surface area contributed by atoms with Crippen molar-refractivity contribution in [3.8, 4) is 0 Å². The van der Waals surface area contributed by atoms with Crippen LogP contribution in [0.15, 0.2) is 0 Å². The van der Waals surface area contributed by atoms with Crippen molar-refractivity contribution in [2.45, 2.75) is 58.1 Å². The minimum Gasteiger partial charge on any atom is -0.378 e. The zero-order valence-electron chi connectivity index (χ0n) is 12.3. The summed E-state index contributed by atoms with van der Waals surface area (Å²) in [6.45, 7) is 11.1. The molecule has 106 valence electrons. The molecule has 2 N–H and O–H groups in total. The lowest BCUT2D eigenvalue weighted by Crippen LogP contribution is -2.57. The number of ether oxygens (including phenoxy) is 1. The molecule has 18 heavy (non-hydrogen) atoms. The van der Waals surface area contributed by atoms with Crippen LogP contribution in [0.2, 0.25) is 0 Å². The zero-order chi connectivity index (χ0) is 13.2. The Morgan fingerprint density at radius 2 is 1.94 bits per heavy atom. The molecule has 2 fully saturated rings. The molecule has 4 unspecified atom stereocenters. The quantitative estimate of drug-likeness (QED) is 0.836. The molecule has 2 saturated heterocycles. The lowest BCUT2D eigenvalue weighted by molar-refractivity contribution is -0.0689. The van der Waals surface area contributed by atoms with E-state index in [2.05, 4.69) is 25.7 Å². The van der Waals surface area contributed by atoms with Crippen LogP contribution in [0.4, 0.5) is 0 Å². The van der Waals surface area contributed by atoms with Crippen LogP contribution in [0.3, 0.4) is 0 Å². The van der Waals surface area contributed by atoms with Crippen molar-refractivity contribution in [1.29, 1.82) is 0 Å². The van der Waals surface area contributed by atoms with Crippen LogP contribution in [-0.2, 0) is 4.74 Å². The molecule has 0 bridgehead atoms. The first-order valence-corrected chi connectivity index (χ1v) is 7.68. The number of hydrogen-bond acceptors (Lipinski definition) is 3. The molecule has 0 aromatic heterocycles. The zero-order valence-corrected chi connectivity index (χ0v) is 12.3. The Kier molecular flexibility index (Phi) is 4.68. The van der Waals surface area contributed by atoms with Gasteiger partial charge in [0.05, 0.1) is 6.10 Å². The van der Waals surface area contributed by atoms with Crippen LogP contribution in [0, 0.1) is 11.8 Å². The molecule has 3 heteroatoms. The van der Waals surface area contributed by atoms with Gasteiger partial charge in [0.25, 0.3) is 0 Å². The third-order valence-electron chi connectivity index (χ3n) is 5.18. The van der Waals surface area contributed by atoms with Crippen molar-refractivity contribution in [3.63, 3.8) is 0 Å². The summed E-state index contributed by atoms with van der Waals surface area (Å²) in [6.07, 6.45) is 5.07. The maximum atomic E-state index is 6.17. The second-order valence-corrected chi connectivity index (χ2v) is 6.52. The van der Waals surface area contributed by atoms with Gasteiger partial charge in [-0.25, -0.2) is 0 Å². The highest BCUT2D eigenvalue weighted by molar-refractivity contribution is 4.99. The van der Waals surface area contributed by atoms with E-state index in [4.69, 9.17) is 10.5 Å². The highest BCUT2D eigenvalue weighted by atomic mass is 16.5. The Balaban J connectivity index is 2.05. The molecule has 0 aliphatic carbocycles. The Hall–Kier alpha value is -0.120. The first kappa shape index (κ1) is 14.3. The average Bonchev–Trinajstić information content (AvgIpc) is 2.71. The van der Waals surface area contributed by atoms with Crippen LogP contribution >= 0.6 is 0 Å². The van der Waals surface area contributed by atoms with Crippen molar-refractivity contribution in [3.05, 3.63) is 0 Å². The van der Waals surface area contributed by atoms with Crippen LogP contribution in [0.5, 0.6) is 0 Å². The van der Waals surface area contributed by atoms with E-state index in [1.807, 2.05) is 0 Å². The second kappa shape index (κ2) is 5.89. The first-order valence-electron chi connectivity index (χ1n) is 7.68. The maximum Gasteiger partial charge on any atom is 0.0593 e. The fourth-order valence-electron chi connectivity index (χ4n) is 3.63. The Morgan fingerprint density at radius 3 is 2.50 bits per heavy atom. The summed E-state index contributed by atoms with van der Waals surface area (Å²) in [7, 11) is 0. The summed E-state index contributed by atoms with van der Waals surface area (Å²) < 4.78 is 5.91. The summed E-state index contributed by atoms with van der Waals surface area (Å²) >= 11 is 0. The highest BCUT2D eigenvalue weighted by Gasteiger charge is 2.44. The Bertz CT molecular complexity index is 259. The number of likely N-dealkylation sites (tertiary alicyclic amines) is 1. The summed E-state index contributed by atoms with van der Waals surface area (Å²) in [6, 6.07) is 0. The second-order valence-electron chi connectivity index (χ2n) is 6.52. The summed E-state index contributed by atoms with van der Waals surface area (Å²) in [5.74, 6) is 1.61. The van der Waals surface area contributed by atoms with E-state index in [0.717, 1.165) is 37.8 Å². The monoisotopic (exact) mass is 254 g/mol. The van der Waals surface area contributed by atoms with Gasteiger partial charge >= 0.3 is 0 Å². The SMILES string of the molecule is CCCC1CC(CN)(N2CC(C)C(C)C2)CCO1. The van der Waals surface area contributed by atoms with E-state index in [-0.39, 0.29) is 5.54 Å². The molecule has 4 atom stereocenters. The minimum absolute atomic E-state index is 0.219. The Labute approximate surface area is 112 Å². The van der Waals surface area contributed by atoms with Crippen molar-refractivity contribution in [1.82, 2.24) is 4.90 Å². The van der Waals surface area contributed by atoms with Gasteiger partial charge in [-0.05, 0) is 31.1 Å². The number of hydrogen-bond donors (Lipinski definition) is 1. The predicted molar refractivity (Wildman–Crippen MR) is 75.6 cm³/mol. The molecule has 0 saturated carbocycles. The van der Waals surface area contributed by atoms with Crippen molar-refractivity contribution >= 4 is 0 Å². The van der Waals surface area contributed by atoms with Gasteiger partial charge in [-0.15, -0.1) is 0 Å². The predicted octanol–water partition coefficient (Wildman–Crippen LogP) is 2.25. The van der Waals surface area contributed by atoms with Gasteiger partial charge in [0.2, 0.25) is 0 Å². The molecule has 0 amide bonds. The maximum absolute atomic E-state index is 6.17. The topological polar surface area (TPSA) is 38.5 Å². The molecule has 2 rings (SSSR count). The van der Waals surface area contributed by atoms with Crippen LogP contribution in [0.1, 0.15) is 46.5 Å². The van der Waals surface area contributed by atoms with Crippen LogP contribution in [0.25, 0.3) is 0 Å². The van der Waals surface area contributed by atoms with E-state index in [1.165, 1.54) is 25.9 Å². The van der Waals surface area contributed by atoms with Gasteiger partial charge in [0.15, 0.2) is 0 Å². The lowest BCUT2D eigenvalue weighted by Gasteiger charge is -2.46. The summed E-state index contributed by atoms with van der Waals surface area (Å²) in [4.78, 5) is 2.67. The largest absolute Gasteiger partial charge is 0.378 e. The third kappa shape index (κ3) is 2.73. The van der Waals surface area contributed by atoms with E-state index in [1.54, 1.807) is 0 Å². The summed E-state index contributed by atoms with van der Waals surface area (Å²) in [5.41, 5.74) is 6.39. The number of nitrogens with zero attached hydrogens (tertiary/aromatic N) is 1. The normalized spacial score (nSPS) is 42.3. The molecular formula is C15H30N2O. The molecular weight excluding hydrogens is 224 g/mol. The fraction of sp³-hybridized carbons (Fsp3) is 1.00. The smallest absolute Gasteiger partial charge is 0.0593 e. The van der Waals surface area contributed by atoms with Gasteiger partial charge in [-0.2, -0.15) is 0 Å². The minimum atomic E-state index is 0.219. The molecule has 2 heterocycles. The lowest BCUT2D eigenvalue weighted by atomic mass is 9.83. The van der Waals surface area contributed by atoms with Crippen LogP contribution < -0.4 is 5.73 Å². The fourth-order valence-corrected chi connectivity index (χ4v) is 3.63. The summed E-state index contributed by atoms with van der Waals surface area (Å²) in [5, 5.41) is 0. The van der Waals surface area contributed by atoms with Gasteiger partial charge in [-0.1, -0.05) is 27.2 Å². The van der Waals surface area contributed by atoms with Gasteiger partial charge in [0, 0.05) is 31.8 Å². The average molecular weight is 254 g/mol. The third-order valence-corrected chi connectivity index (χ3v) is 5.18. The molecule has 0 radical (unpaired) electrons. The molecule has 2 aliphatic heterocycles. The van der Waals surface area contributed by atoms with Crippen LogP contribution in [-0.4, -0.2) is 42.8 Å². The standard InChI is InChI=1S/C15H30N2O/c1-4-5-14-8-15(11-16,6-7-18-14)17-9-12(2)13(3)10-17/h12-14H,4-11,16H2,1-3H3. The molecule has 2 aliphatic rings. The Morgan fingerprint density at radius 1 is 1.28 bits per heavy atom. The van der Waals surface area contributed by atoms with Gasteiger partial charge in [-0.3, -0.25) is 4.90 Å². The number of rotatable bonds is 4. The molecule has 3 nitrogen and oxygen atoms in total. The van der Waals surface area contributed by atoms with E-state index >= 15 is 0 Å². The van der Waals surface area contributed by atoms with Crippen molar-refractivity contribution in [2.24, 2.45) is 17.6 Å². The van der Waals surface area contributed by atoms with E-state index < -0.39 is 0 Å².